The molecule has 1 saturated heterocycles. The highest BCUT2D eigenvalue weighted by molar-refractivity contribution is 14.0. The fourth-order valence-electron chi connectivity index (χ4n) is 3.49. The highest BCUT2D eigenvalue weighted by Crippen LogP contribution is 2.30. The number of aliphatic imine (C=N–C) groups is 1. The van der Waals surface area contributed by atoms with E-state index in [1.54, 1.807) is 27.3 Å². The number of hydrogen-bond donors (Lipinski definition) is 3. The van der Waals surface area contributed by atoms with Gasteiger partial charge in [0, 0.05) is 56.6 Å². The minimum atomic E-state index is -0.626. The van der Waals surface area contributed by atoms with Gasteiger partial charge < -0.3 is 30.1 Å². The average molecular weight is 544 g/mol. The number of nitrogens with one attached hydrogen (secondary N) is 2. The second-order valence-corrected chi connectivity index (χ2v) is 7.19. The highest BCUT2D eigenvalue weighted by atomic mass is 127. The summed E-state index contributed by atoms with van der Waals surface area (Å²) in [5.41, 5.74) is 1.82. The third-order valence-corrected chi connectivity index (χ3v) is 5.23. The number of methoxy groups -OCH3 is 2. The number of phenolic OH excluding ortho intramolecular Hbond substituents is 1. The molecule has 0 saturated carbocycles. The minimum absolute atomic E-state index is 0. The molecule has 0 radical (unpaired) electrons. The summed E-state index contributed by atoms with van der Waals surface area (Å²) in [5, 5.41) is 15.9. The SMILES string of the molecule is CN=C(NCc1ccc(O)c(F)c1)NC1CCN(c2cc(OC)cc(OC)c2)CC1.I. The maximum Gasteiger partial charge on any atom is 0.191 e. The van der Waals surface area contributed by atoms with Gasteiger partial charge in [0.2, 0.25) is 0 Å². The van der Waals surface area contributed by atoms with Gasteiger partial charge in [0.1, 0.15) is 11.5 Å². The van der Waals surface area contributed by atoms with Crippen LogP contribution in [0.4, 0.5) is 10.1 Å². The fraction of sp³-hybridized carbons (Fsp3) is 0.409. The van der Waals surface area contributed by atoms with E-state index >= 15 is 0 Å². The third-order valence-electron chi connectivity index (χ3n) is 5.23. The molecule has 0 atom stereocenters. The number of piperidine rings is 1. The summed E-state index contributed by atoms with van der Waals surface area (Å²) in [6.07, 6.45) is 1.90. The largest absolute Gasteiger partial charge is 0.505 e. The smallest absolute Gasteiger partial charge is 0.191 e. The van der Waals surface area contributed by atoms with E-state index in [9.17, 15) is 9.50 Å². The molecule has 1 fully saturated rings. The molecule has 1 heterocycles. The first-order valence-corrected chi connectivity index (χ1v) is 9.95. The van der Waals surface area contributed by atoms with E-state index in [1.807, 2.05) is 18.2 Å². The van der Waals surface area contributed by atoms with Crippen LogP contribution in [0.25, 0.3) is 0 Å². The Morgan fingerprint density at radius 3 is 2.32 bits per heavy atom. The van der Waals surface area contributed by atoms with Crippen molar-refractivity contribution in [3.8, 4) is 17.2 Å². The molecule has 0 aromatic heterocycles. The molecule has 0 unspecified atom stereocenters. The van der Waals surface area contributed by atoms with Crippen LogP contribution in [-0.2, 0) is 6.54 Å². The van der Waals surface area contributed by atoms with Gasteiger partial charge in [-0.2, -0.15) is 0 Å². The highest BCUT2D eigenvalue weighted by Gasteiger charge is 2.21. The molecule has 2 aromatic rings. The molecule has 0 bridgehead atoms. The van der Waals surface area contributed by atoms with E-state index in [-0.39, 0.29) is 35.8 Å². The third kappa shape index (κ3) is 6.78. The molecular formula is C22H30FIN4O3. The van der Waals surface area contributed by atoms with Gasteiger partial charge in [-0.05, 0) is 30.5 Å². The number of rotatable bonds is 6. The fourth-order valence-corrected chi connectivity index (χ4v) is 3.49. The number of nitrogens with zero attached hydrogens (tertiary/aromatic N) is 2. The van der Waals surface area contributed by atoms with Crippen molar-refractivity contribution in [2.24, 2.45) is 4.99 Å². The first kappa shape index (κ1) is 24.8. The molecule has 0 amide bonds. The molecule has 0 spiro atoms. The zero-order valence-electron chi connectivity index (χ0n) is 18.0. The monoisotopic (exact) mass is 544 g/mol. The van der Waals surface area contributed by atoms with Crippen LogP contribution in [0.2, 0.25) is 0 Å². The van der Waals surface area contributed by atoms with Gasteiger partial charge in [-0.1, -0.05) is 6.07 Å². The molecule has 1 aliphatic rings. The van der Waals surface area contributed by atoms with Gasteiger partial charge in [-0.3, -0.25) is 4.99 Å². The van der Waals surface area contributed by atoms with Gasteiger partial charge in [0.15, 0.2) is 17.5 Å². The molecular weight excluding hydrogens is 514 g/mol. The van der Waals surface area contributed by atoms with Crippen molar-refractivity contribution in [1.82, 2.24) is 10.6 Å². The summed E-state index contributed by atoms with van der Waals surface area (Å²) >= 11 is 0. The zero-order chi connectivity index (χ0) is 21.5. The maximum absolute atomic E-state index is 13.5. The van der Waals surface area contributed by atoms with Crippen LogP contribution in [0.15, 0.2) is 41.4 Å². The number of halogens is 2. The Labute approximate surface area is 199 Å². The van der Waals surface area contributed by atoms with Crippen LogP contribution in [0.3, 0.4) is 0 Å². The van der Waals surface area contributed by atoms with Crippen molar-refractivity contribution in [3.63, 3.8) is 0 Å². The van der Waals surface area contributed by atoms with E-state index in [0.29, 0.717) is 12.5 Å². The molecule has 3 N–H and O–H groups in total. The predicted octanol–water partition coefficient (Wildman–Crippen LogP) is 3.50. The second kappa shape index (κ2) is 11.8. The lowest BCUT2D eigenvalue weighted by molar-refractivity contribution is 0.393. The first-order valence-electron chi connectivity index (χ1n) is 9.95. The summed E-state index contributed by atoms with van der Waals surface area (Å²) in [4.78, 5) is 6.58. The van der Waals surface area contributed by atoms with Crippen LogP contribution in [0, 0.1) is 5.82 Å². The second-order valence-electron chi connectivity index (χ2n) is 7.19. The normalized spacial score (nSPS) is 14.6. The van der Waals surface area contributed by atoms with Crippen LogP contribution < -0.4 is 25.0 Å². The Morgan fingerprint density at radius 1 is 1.13 bits per heavy atom. The maximum atomic E-state index is 13.5. The number of hydrogen-bond acceptors (Lipinski definition) is 5. The quantitative estimate of drug-likeness (QED) is 0.294. The topological polar surface area (TPSA) is 78.4 Å². The molecule has 3 rings (SSSR count). The number of anilines is 1. The first-order chi connectivity index (χ1) is 14.5. The molecule has 31 heavy (non-hydrogen) atoms. The van der Waals surface area contributed by atoms with Crippen molar-refractivity contribution < 1.29 is 19.0 Å². The van der Waals surface area contributed by atoms with Gasteiger partial charge in [0.05, 0.1) is 14.2 Å². The van der Waals surface area contributed by atoms with Crippen LogP contribution >= 0.6 is 24.0 Å². The summed E-state index contributed by atoms with van der Waals surface area (Å²) < 4.78 is 24.2. The minimum Gasteiger partial charge on any atom is -0.505 e. The van der Waals surface area contributed by atoms with E-state index < -0.39 is 5.82 Å². The van der Waals surface area contributed by atoms with Crippen LogP contribution in [0.1, 0.15) is 18.4 Å². The Hall–Kier alpha value is -2.43. The number of aromatic hydroxyl groups is 1. The zero-order valence-corrected chi connectivity index (χ0v) is 20.4. The number of ether oxygens (including phenoxy) is 2. The number of guanidine groups is 1. The molecule has 7 nitrogen and oxygen atoms in total. The summed E-state index contributed by atoms with van der Waals surface area (Å²) in [5.74, 6) is 1.25. The predicted molar refractivity (Wildman–Crippen MR) is 132 cm³/mol. The van der Waals surface area contributed by atoms with Gasteiger partial charge >= 0.3 is 0 Å². The van der Waals surface area contributed by atoms with E-state index in [4.69, 9.17) is 9.47 Å². The summed E-state index contributed by atoms with van der Waals surface area (Å²) in [7, 11) is 5.02. The van der Waals surface area contributed by atoms with Crippen LogP contribution in [0.5, 0.6) is 17.2 Å². The van der Waals surface area contributed by atoms with Crippen molar-refractivity contribution in [1.29, 1.82) is 0 Å². The van der Waals surface area contributed by atoms with Gasteiger partial charge in [-0.25, -0.2) is 4.39 Å². The Bertz CT molecular complexity index is 867. The molecule has 2 aromatic carbocycles. The van der Waals surface area contributed by atoms with Crippen molar-refractivity contribution in [2.45, 2.75) is 25.4 Å². The van der Waals surface area contributed by atoms with E-state index in [0.717, 1.165) is 48.7 Å². The Kier molecular flexibility index (Phi) is 9.47. The van der Waals surface area contributed by atoms with Crippen molar-refractivity contribution in [3.05, 3.63) is 47.8 Å². The molecule has 0 aliphatic carbocycles. The molecule has 9 heteroatoms. The van der Waals surface area contributed by atoms with E-state index in [1.165, 1.54) is 12.1 Å². The van der Waals surface area contributed by atoms with Gasteiger partial charge in [0.25, 0.3) is 0 Å². The summed E-state index contributed by atoms with van der Waals surface area (Å²) in [6, 6.07) is 10.5. The lowest BCUT2D eigenvalue weighted by Crippen LogP contribution is -2.48. The lowest BCUT2D eigenvalue weighted by atomic mass is 10.0. The average Bonchev–Trinajstić information content (AvgIpc) is 2.78. The molecule has 170 valence electrons. The van der Waals surface area contributed by atoms with E-state index in [2.05, 4.69) is 20.5 Å². The van der Waals surface area contributed by atoms with Crippen LogP contribution in [-0.4, -0.2) is 51.5 Å². The number of phenols is 1. The van der Waals surface area contributed by atoms with Crippen molar-refractivity contribution >= 4 is 35.6 Å². The Morgan fingerprint density at radius 2 is 1.77 bits per heavy atom. The Balaban J connectivity index is 0.00000341. The summed E-state index contributed by atoms with van der Waals surface area (Å²) in [6.45, 7) is 2.21. The number of benzene rings is 2. The standard InChI is InChI=1S/C22H29FN4O3.HI/c1-24-22(25-14-15-4-5-21(28)20(23)10-15)26-16-6-8-27(9-7-16)17-11-18(29-2)13-19(12-17)30-3;/h4-5,10-13,16,28H,6-9,14H2,1-3H3,(H2,24,25,26);1H. The lowest BCUT2D eigenvalue weighted by Gasteiger charge is -2.34. The van der Waals surface area contributed by atoms with Crippen molar-refractivity contribution in [2.75, 3.05) is 39.3 Å². The molecule has 1 aliphatic heterocycles. The van der Waals surface area contributed by atoms with Gasteiger partial charge in [-0.15, -0.1) is 24.0 Å².